The molecule has 4 nitrogen and oxygen atoms in total. The number of carbonyl (C=O) groups is 2. The average molecular weight is 341 g/mol. The number of para-hydroxylation sites is 1. The van der Waals surface area contributed by atoms with Gasteiger partial charge in [0.15, 0.2) is 0 Å². The molecular weight excluding hydrogens is 330 g/mol. The van der Waals surface area contributed by atoms with Crippen molar-refractivity contribution in [1.29, 1.82) is 0 Å². The minimum absolute atomic E-state index is 0. The number of carboxylic acid groups (broad SMARTS) is 1. The van der Waals surface area contributed by atoms with Gasteiger partial charge in [-0.3, -0.25) is 4.79 Å². The van der Waals surface area contributed by atoms with Gasteiger partial charge >= 0.3 is 25.0 Å². The summed E-state index contributed by atoms with van der Waals surface area (Å²) in [5.41, 5.74) is -0.494. The van der Waals surface area contributed by atoms with E-state index in [-0.39, 0.29) is 30.1 Å². The fourth-order valence-corrected chi connectivity index (χ4v) is 1.90. The molecule has 8 heteroatoms. The van der Waals surface area contributed by atoms with Crippen molar-refractivity contribution in [3.8, 4) is 0 Å². The molecule has 2 aromatic rings. The minimum Gasteiger partial charge on any atom is -0.545 e. The Morgan fingerprint density at radius 1 is 1.00 bits per heavy atom. The fourth-order valence-electron chi connectivity index (χ4n) is 1.90. The summed E-state index contributed by atoms with van der Waals surface area (Å²) in [5.74, 6) is -2.05. The summed E-state index contributed by atoms with van der Waals surface area (Å²) in [6.45, 7) is 0. The molecule has 124 valence electrons. The molecule has 0 unspecified atom stereocenters. The topological polar surface area (TPSA) is 69.2 Å². The van der Waals surface area contributed by atoms with Gasteiger partial charge in [0.2, 0.25) is 5.91 Å². The van der Waals surface area contributed by atoms with Crippen LogP contribution in [0.15, 0.2) is 54.6 Å². The van der Waals surface area contributed by atoms with Crippen molar-refractivity contribution in [2.24, 2.45) is 0 Å². The number of aromatic carboxylic acids is 1. The maximum absolute atomic E-state index is 12.4. The Balaban J connectivity index is 0.00000312. The van der Waals surface area contributed by atoms with E-state index >= 15 is 0 Å². The zero-order valence-corrected chi connectivity index (χ0v) is 13.1. The molecule has 0 saturated heterocycles. The summed E-state index contributed by atoms with van der Waals surface area (Å²) < 4.78 is 37.3. The molecule has 1 amide bonds. The first-order valence-corrected chi connectivity index (χ1v) is 6.74. The Kier molecular flexibility index (Phi) is 7.04. The Morgan fingerprint density at radius 2 is 1.60 bits per heavy atom. The van der Waals surface area contributed by atoms with E-state index in [0.717, 1.165) is 18.2 Å². The van der Waals surface area contributed by atoms with Gasteiger partial charge in [0.05, 0.1) is 17.2 Å². The van der Waals surface area contributed by atoms with Crippen LogP contribution in [0.2, 0.25) is 0 Å². The zero-order chi connectivity index (χ0) is 17.7. The average Bonchev–Trinajstić information content (AvgIpc) is 2.53. The number of amides is 1. The van der Waals surface area contributed by atoms with Gasteiger partial charge in [-0.1, -0.05) is 30.3 Å². The van der Waals surface area contributed by atoms with Gasteiger partial charge in [0, 0.05) is 11.6 Å². The van der Waals surface area contributed by atoms with Crippen LogP contribution in [0.1, 0.15) is 21.5 Å². The second kappa shape index (κ2) is 8.56. The molecular formula is C17H11F3LiNO3. The van der Waals surface area contributed by atoms with E-state index in [2.05, 4.69) is 5.32 Å². The van der Waals surface area contributed by atoms with E-state index < -0.39 is 23.6 Å². The van der Waals surface area contributed by atoms with Gasteiger partial charge < -0.3 is 15.2 Å². The van der Waals surface area contributed by atoms with Crippen molar-refractivity contribution in [2.45, 2.75) is 6.18 Å². The quantitative estimate of drug-likeness (QED) is 0.615. The van der Waals surface area contributed by atoms with Crippen LogP contribution in [0.4, 0.5) is 18.9 Å². The Hall–Kier alpha value is -2.49. The van der Waals surface area contributed by atoms with E-state index in [1.54, 1.807) is 6.07 Å². The molecule has 0 saturated carbocycles. The third-order valence-corrected chi connectivity index (χ3v) is 3.07. The van der Waals surface area contributed by atoms with Crippen LogP contribution in [-0.4, -0.2) is 11.9 Å². The second-order valence-corrected chi connectivity index (χ2v) is 4.78. The van der Waals surface area contributed by atoms with Crippen molar-refractivity contribution < 1.29 is 46.7 Å². The summed E-state index contributed by atoms with van der Waals surface area (Å²) >= 11 is 0. The van der Waals surface area contributed by atoms with E-state index in [4.69, 9.17) is 0 Å². The molecule has 0 heterocycles. The molecule has 0 aromatic heterocycles. The molecule has 0 aliphatic rings. The maximum atomic E-state index is 12.4. The van der Waals surface area contributed by atoms with Gasteiger partial charge in [-0.05, 0) is 29.8 Å². The first-order valence-electron chi connectivity index (χ1n) is 6.74. The molecule has 2 aromatic carbocycles. The first kappa shape index (κ1) is 20.6. The van der Waals surface area contributed by atoms with Crippen molar-refractivity contribution in [1.82, 2.24) is 0 Å². The number of anilines is 1. The van der Waals surface area contributed by atoms with Crippen molar-refractivity contribution >= 4 is 23.6 Å². The van der Waals surface area contributed by atoms with Crippen LogP contribution >= 0.6 is 0 Å². The third kappa shape index (κ3) is 5.82. The van der Waals surface area contributed by atoms with E-state index in [1.165, 1.54) is 36.4 Å². The van der Waals surface area contributed by atoms with Gasteiger partial charge in [0.1, 0.15) is 0 Å². The van der Waals surface area contributed by atoms with Gasteiger partial charge in [-0.25, -0.2) is 0 Å². The number of nitrogens with one attached hydrogen (secondary N) is 1. The number of hydrogen-bond acceptors (Lipinski definition) is 3. The van der Waals surface area contributed by atoms with Gasteiger partial charge in [-0.15, -0.1) is 0 Å². The van der Waals surface area contributed by atoms with Crippen molar-refractivity contribution in [3.05, 3.63) is 71.3 Å². The Bertz CT molecular complexity index is 786. The minimum atomic E-state index is -4.42. The molecule has 0 radical (unpaired) electrons. The SMILES string of the molecule is O=C(/C=C/c1ccc(C(F)(F)F)cc1)Nc1ccccc1C(=O)[O-].[Li+]. The molecule has 0 aliphatic heterocycles. The number of carboxylic acids is 1. The molecule has 1 N–H and O–H groups in total. The smallest absolute Gasteiger partial charge is 0.545 e. The summed E-state index contributed by atoms with van der Waals surface area (Å²) in [5, 5.41) is 13.3. The largest absolute Gasteiger partial charge is 1.00 e. The molecule has 0 fully saturated rings. The number of halogens is 3. The molecule has 2 rings (SSSR count). The number of alkyl halides is 3. The van der Waals surface area contributed by atoms with Crippen LogP contribution in [0.3, 0.4) is 0 Å². The number of carbonyl (C=O) groups excluding carboxylic acids is 2. The maximum Gasteiger partial charge on any atom is 1.00 e. The third-order valence-electron chi connectivity index (χ3n) is 3.07. The molecule has 0 spiro atoms. The van der Waals surface area contributed by atoms with Crippen LogP contribution in [-0.2, 0) is 11.0 Å². The molecule has 0 atom stereocenters. The summed E-state index contributed by atoms with van der Waals surface area (Å²) in [6.07, 6.45) is -2.01. The van der Waals surface area contributed by atoms with Crippen LogP contribution in [0, 0.1) is 0 Å². The van der Waals surface area contributed by atoms with Crippen LogP contribution in [0.25, 0.3) is 6.08 Å². The van der Waals surface area contributed by atoms with Gasteiger partial charge in [-0.2, -0.15) is 13.2 Å². The van der Waals surface area contributed by atoms with E-state index in [0.29, 0.717) is 5.56 Å². The molecule has 25 heavy (non-hydrogen) atoms. The summed E-state index contributed by atoms with van der Waals surface area (Å²) in [6, 6.07) is 9.97. The normalized spacial score (nSPS) is 11.0. The van der Waals surface area contributed by atoms with E-state index in [1.807, 2.05) is 0 Å². The Morgan fingerprint density at radius 3 is 2.16 bits per heavy atom. The molecule has 0 aliphatic carbocycles. The van der Waals surface area contributed by atoms with Crippen molar-refractivity contribution in [3.63, 3.8) is 0 Å². The Labute approximate surface area is 153 Å². The summed E-state index contributed by atoms with van der Waals surface area (Å²) in [4.78, 5) is 22.7. The second-order valence-electron chi connectivity index (χ2n) is 4.78. The van der Waals surface area contributed by atoms with E-state index in [9.17, 15) is 27.9 Å². The number of hydrogen-bond donors (Lipinski definition) is 1. The predicted octanol–water partition coefficient (Wildman–Crippen LogP) is -0.275. The summed E-state index contributed by atoms with van der Waals surface area (Å²) in [7, 11) is 0. The predicted molar refractivity (Wildman–Crippen MR) is 79.9 cm³/mol. The van der Waals surface area contributed by atoms with Crippen LogP contribution in [0.5, 0.6) is 0 Å². The zero-order valence-electron chi connectivity index (χ0n) is 13.1. The fraction of sp³-hybridized carbons (Fsp3) is 0.0588. The monoisotopic (exact) mass is 341 g/mol. The standard InChI is InChI=1S/C17H12F3NO3.Li/c18-17(19,20)12-8-5-11(6-9-12)7-10-15(22)21-14-4-2-1-3-13(14)16(23)24;/h1-10H,(H,21,22)(H,23,24);/q;+1/p-1/b10-7+;. The number of rotatable bonds is 4. The first-order chi connectivity index (χ1) is 11.3. The van der Waals surface area contributed by atoms with Crippen LogP contribution < -0.4 is 29.3 Å². The number of benzene rings is 2. The molecule has 0 bridgehead atoms. The van der Waals surface area contributed by atoms with Gasteiger partial charge in [0.25, 0.3) is 0 Å². The van der Waals surface area contributed by atoms with Crippen molar-refractivity contribution in [2.75, 3.05) is 5.32 Å².